The van der Waals surface area contributed by atoms with E-state index < -0.39 is 11.4 Å². The van der Waals surface area contributed by atoms with Gasteiger partial charge in [0.25, 0.3) is 12.9 Å². The Morgan fingerprint density at radius 1 is 0.708 bits per heavy atom. The molecule has 0 fully saturated rings. The summed E-state index contributed by atoms with van der Waals surface area (Å²) < 4.78 is 10.3. The first-order valence-electron chi connectivity index (χ1n) is 7.32. The van der Waals surface area contributed by atoms with E-state index in [0.29, 0.717) is 24.1 Å². The molecule has 2 atom stereocenters. The van der Waals surface area contributed by atoms with Crippen LogP contribution in [0.1, 0.15) is 25.0 Å². The molecule has 0 amide bonds. The number of ether oxygens (including phenoxy) is 2. The van der Waals surface area contributed by atoms with Gasteiger partial charge in [-0.1, -0.05) is 60.7 Å². The minimum atomic E-state index is -1.33. The van der Waals surface area contributed by atoms with Gasteiger partial charge in [-0.25, -0.2) is 0 Å². The van der Waals surface area contributed by atoms with E-state index in [1.165, 1.54) is 0 Å². The third-order valence-electron chi connectivity index (χ3n) is 3.61. The lowest BCUT2D eigenvalue weighted by atomic mass is 10.0. The highest BCUT2D eigenvalue weighted by Crippen LogP contribution is 2.32. The fraction of sp³-hybridized carbons (Fsp3) is 0.222. The van der Waals surface area contributed by atoms with Gasteiger partial charge in [-0.3, -0.25) is 9.59 Å². The zero-order valence-corrected chi connectivity index (χ0v) is 13.5. The molecule has 0 aliphatic heterocycles. The normalized spacial score (nSPS) is 15.9. The Hall–Kier alpha value is -3.02. The summed E-state index contributed by atoms with van der Waals surface area (Å²) >= 11 is 0. The molecular weight excluding hydrogens is 308 g/mol. The Morgan fingerprint density at radius 2 is 1.04 bits per heavy atom. The van der Waals surface area contributed by atoms with Crippen LogP contribution in [0.25, 0.3) is 0 Å². The largest absolute Gasteiger partial charge is 0.433 e. The quantitative estimate of drug-likeness (QED) is 0.549. The summed E-state index contributed by atoms with van der Waals surface area (Å²) in [7, 11) is 0. The maximum atomic E-state index is 10.9. The predicted octanol–water partition coefficient (Wildman–Crippen LogP) is 3.53. The van der Waals surface area contributed by atoms with E-state index in [1.807, 2.05) is 12.1 Å². The van der Waals surface area contributed by atoms with E-state index in [0.717, 1.165) is 0 Å². The van der Waals surface area contributed by atoms with Crippen molar-refractivity contribution in [2.45, 2.75) is 25.3 Å². The molecule has 0 spiro atoms. The summed E-state index contributed by atoms with van der Waals surface area (Å²) in [5.41, 5.74) is -1.37. The molecule has 2 aromatic carbocycles. The third kappa shape index (κ3) is 3.84. The van der Waals surface area contributed by atoms with Crippen molar-refractivity contribution in [1.82, 2.24) is 0 Å². The molecule has 0 heterocycles. The van der Waals surface area contributed by atoms with Gasteiger partial charge in [-0.15, -0.1) is 10.2 Å². The Balaban J connectivity index is 2.42. The molecule has 2 unspecified atom stereocenters. The summed E-state index contributed by atoms with van der Waals surface area (Å²) in [6, 6.07) is 17.9. The molecule has 0 aliphatic carbocycles. The molecule has 6 heteroatoms. The van der Waals surface area contributed by atoms with Gasteiger partial charge in [0, 0.05) is 25.0 Å². The summed E-state index contributed by atoms with van der Waals surface area (Å²) in [6.07, 6.45) is 0. The molecule has 124 valence electrons. The van der Waals surface area contributed by atoms with Crippen LogP contribution in [0, 0.1) is 0 Å². The molecule has 0 aliphatic rings. The number of rotatable bonds is 8. The number of nitrogens with zero attached hydrogens (tertiary/aromatic N) is 2. The summed E-state index contributed by atoms with van der Waals surface area (Å²) in [5, 5.41) is 8.34. The maximum Gasteiger partial charge on any atom is 0.295 e. The summed E-state index contributed by atoms with van der Waals surface area (Å²) in [4.78, 5) is 21.8. The molecular formula is C18H18N2O4. The second-order valence-corrected chi connectivity index (χ2v) is 5.33. The average Bonchev–Trinajstić information content (AvgIpc) is 2.62. The van der Waals surface area contributed by atoms with Crippen molar-refractivity contribution < 1.29 is 19.1 Å². The van der Waals surface area contributed by atoms with Crippen LogP contribution in [-0.4, -0.2) is 12.9 Å². The third-order valence-corrected chi connectivity index (χ3v) is 3.61. The topological polar surface area (TPSA) is 77.3 Å². The van der Waals surface area contributed by atoms with Crippen molar-refractivity contribution in [3.05, 3.63) is 71.8 Å². The maximum absolute atomic E-state index is 10.9. The number of carbonyl (C=O) groups excluding carboxylic acids is 2. The lowest BCUT2D eigenvalue weighted by molar-refractivity contribution is -0.148. The van der Waals surface area contributed by atoms with Crippen molar-refractivity contribution in [1.29, 1.82) is 0 Å². The van der Waals surface area contributed by atoms with Crippen molar-refractivity contribution in [3.63, 3.8) is 0 Å². The zero-order chi connectivity index (χ0) is 17.5. The minimum Gasteiger partial charge on any atom is -0.433 e. The van der Waals surface area contributed by atoms with Gasteiger partial charge in [0.1, 0.15) is 0 Å². The van der Waals surface area contributed by atoms with Crippen LogP contribution in [0.3, 0.4) is 0 Å². The van der Waals surface area contributed by atoms with E-state index in [9.17, 15) is 9.59 Å². The van der Waals surface area contributed by atoms with Crippen LogP contribution in [0.2, 0.25) is 0 Å². The van der Waals surface area contributed by atoms with Crippen LogP contribution in [0.15, 0.2) is 70.9 Å². The van der Waals surface area contributed by atoms with E-state index in [2.05, 4.69) is 10.2 Å². The van der Waals surface area contributed by atoms with E-state index in [1.54, 1.807) is 62.4 Å². The standard InChI is InChI=1S/C18H18N2O4/c1-17(23-13-21,15-9-5-3-6-10-15)19-20-18(2,24-14-22)16-11-7-4-8-12-16/h3-14H,1-2H3/b20-19+. The fourth-order valence-electron chi connectivity index (χ4n) is 2.17. The van der Waals surface area contributed by atoms with Crippen LogP contribution >= 0.6 is 0 Å². The van der Waals surface area contributed by atoms with Crippen molar-refractivity contribution in [2.24, 2.45) is 10.2 Å². The first-order valence-corrected chi connectivity index (χ1v) is 7.32. The molecule has 0 N–H and O–H groups in total. The highest BCUT2D eigenvalue weighted by Gasteiger charge is 2.33. The van der Waals surface area contributed by atoms with E-state index in [4.69, 9.17) is 9.47 Å². The van der Waals surface area contributed by atoms with Crippen molar-refractivity contribution in [3.8, 4) is 0 Å². The van der Waals surface area contributed by atoms with Gasteiger partial charge in [0.05, 0.1) is 0 Å². The van der Waals surface area contributed by atoms with Crippen molar-refractivity contribution in [2.75, 3.05) is 0 Å². The summed E-state index contributed by atoms with van der Waals surface area (Å²) in [5.74, 6) is 0. The molecule has 6 nitrogen and oxygen atoms in total. The highest BCUT2D eigenvalue weighted by atomic mass is 16.6. The van der Waals surface area contributed by atoms with E-state index >= 15 is 0 Å². The lowest BCUT2D eigenvalue weighted by Gasteiger charge is -2.26. The molecule has 0 saturated heterocycles. The molecule has 2 rings (SSSR count). The average molecular weight is 326 g/mol. The van der Waals surface area contributed by atoms with Crippen LogP contribution in [0.4, 0.5) is 0 Å². The number of benzene rings is 2. The first kappa shape index (κ1) is 17.3. The van der Waals surface area contributed by atoms with Gasteiger partial charge in [-0.2, -0.15) is 0 Å². The molecule has 2 aromatic rings. The second-order valence-electron chi connectivity index (χ2n) is 5.33. The SMILES string of the molecule is CC(/N=N/C(C)(OC=O)c1ccccc1)(OC=O)c1ccccc1. The zero-order valence-electron chi connectivity index (χ0n) is 13.5. The van der Waals surface area contributed by atoms with Gasteiger partial charge in [0.2, 0.25) is 11.4 Å². The minimum absolute atomic E-state index is 0.312. The first-order chi connectivity index (χ1) is 11.5. The molecule has 24 heavy (non-hydrogen) atoms. The Kier molecular flexibility index (Phi) is 5.42. The van der Waals surface area contributed by atoms with Crippen LogP contribution in [-0.2, 0) is 30.5 Å². The Labute approximate surface area is 140 Å². The second kappa shape index (κ2) is 7.50. The lowest BCUT2D eigenvalue weighted by Crippen LogP contribution is -2.27. The fourth-order valence-corrected chi connectivity index (χ4v) is 2.17. The van der Waals surface area contributed by atoms with Gasteiger partial charge in [0.15, 0.2) is 0 Å². The van der Waals surface area contributed by atoms with E-state index in [-0.39, 0.29) is 0 Å². The summed E-state index contributed by atoms with van der Waals surface area (Å²) in [6.45, 7) is 3.83. The molecule has 0 saturated carbocycles. The Bertz CT molecular complexity index is 644. The molecule has 0 bridgehead atoms. The monoisotopic (exact) mass is 326 g/mol. The van der Waals surface area contributed by atoms with Gasteiger partial charge >= 0.3 is 0 Å². The smallest absolute Gasteiger partial charge is 0.295 e. The van der Waals surface area contributed by atoms with Crippen molar-refractivity contribution >= 4 is 12.9 Å². The van der Waals surface area contributed by atoms with Gasteiger partial charge in [-0.05, 0) is 0 Å². The number of hydrogen-bond acceptors (Lipinski definition) is 6. The van der Waals surface area contributed by atoms with Gasteiger partial charge < -0.3 is 9.47 Å². The molecule has 0 radical (unpaired) electrons. The number of azo groups is 1. The van der Waals surface area contributed by atoms with Crippen LogP contribution < -0.4 is 0 Å². The molecule has 0 aromatic heterocycles. The highest BCUT2D eigenvalue weighted by molar-refractivity contribution is 5.41. The van der Waals surface area contributed by atoms with Crippen LogP contribution in [0.5, 0.6) is 0 Å². The Morgan fingerprint density at radius 3 is 1.33 bits per heavy atom. The predicted molar refractivity (Wildman–Crippen MR) is 86.7 cm³/mol. The number of hydrogen-bond donors (Lipinski definition) is 0. The number of carbonyl (C=O) groups is 2.